The van der Waals surface area contributed by atoms with Gasteiger partial charge in [-0.15, -0.1) is 0 Å². The zero-order chi connectivity index (χ0) is 11.2. The largest absolute Gasteiger partial charge is 0.346 e. The van der Waals surface area contributed by atoms with E-state index in [2.05, 4.69) is 27.8 Å². The Balaban J connectivity index is 2.20. The third-order valence-electron chi connectivity index (χ3n) is 2.28. The topological polar surface area (TPSA) is 18.5 Å². The van der Waals surface area contributed by atoms with E-state index in [1.54, 1.807) is 0 Å². The SMILES string of the molecule is BrCCC#Cc1ccccc1C1OCCO1. The Bertz CT molecular complexity index is 400. The van der Waals surface area contributed by atoms with Crippen LogP contribution in [-0.2, 0) is 9.47 Å². The van der Waals surface area contributed by atoms with Crippen LogP contribution in [0, 0.1) is 11.8 Å². The smallest absolute Gasteiger partial charge is 0.185 e. The summed E-state index contributed by atoms with van der Waals surface area (Å²) in [5, 5.41) is 0.901. The molecule has 0 atom stereocenters. The van der Waals surface area contributed by atoms with E-state index < -0.39 is 0 Å². The highest BCUT2D eigenvalue weighted by Crippen LogP contribution is 2.25. The van der Waals surface area contributed by atoms with Crippen molar-refractivity contribution in [2.24, 2.45) is 0 Å². The summed E-state index contributed by atoms with van der Waals surface area (Å²) >= 11 is 3.36. The minimum atomic E-state index is -0.241. The van der Waals surface area contributed by atoms with Crippen molar-refractivity contribution in [2.45, 2.75) is 12.7 Å². The molecule has 3 heteroatoms. The van der Waals surface area contributed by atoms with Gasteiger partial charge in [0.25, 0.3) is 0 Å². The van der Waals surface area contributed by atoms with Gasteiger partial charge in [-0.05, 0) is 6.07 Å². The van der Waals surface area contributed by atoms with Crippen LogP contribution in [0.5, 0.6) is 0 Å². The number of halogens is 1. The lowest BCUT2D eigenvalue weighted by Crippen LogP contribution is -2.00. The molecular formula is C13H13BrO2. The minimum Gasteiger partial charge on any atom is -0.346 e. The fourth-order valence-electron chi connectivity index (χ4n) is 1.56. The van der Waals surface area contributed by atoms with Gasteiger partial charge < -0.3 is 9.47 Å². The van der Waals surface area contributed by atoms with Gasteiger partial charge in [0.2, 0.25) is 0 Å². The summed E-state index contributed by atoms with van der Waals surface area (Å²) in [5.41, 5.74) is 2.03. The first-order chi connectivity index (χ1) is 7.92. The Labute approximate surface area is 104 Å². The number of alkyl halides is 1. The molecule has 0 spiro atoms. The maximum absolute atomic E-state index is 5.49. The number of hydrogen-bond acceptors (Lipinski definition) is 2. The summed E-state index contributed by atoms with van der Waals surface area (Å²) in [4.78, 5) is 0. The average Bonchev–Trinajstić information content (AvgIpc) is 2.83. The van der Waals surface area contributed by atoms with E-state index in [4.69, 9.17) is 9.47 Å². The lowest BCUT2D eigenvalue weighted by molar-refractivity contribution is -0.0442. The van der Waals surface area contributed by atoms with Crippen LogP contribution in [0.3, 0.4) is 0 Å². The molecular weight excluding hydrogens is 268 g/mol. The van der Waals surface area contributed by atoms with E-state index in [-0.39, 0.29) is 6.29 Å². The molecule has 0 N–H and O–H groups in total. The highest BCUT2D eigenvalue weighted by Gasteiger charge is 2.20. The molecule has 0 unspecified atom stereocenters. The molecule has 1 aromatic carbocycles. The molecule has 1 aromatic rings. The Morgan fingerprint density at radius 1 is 1.25 bits per heavy atom. The molecule has 0 amide bonds. The first-order valence-electron chi connectivity index (χ1n) is 5.29. The van der Waals surface area contributed by atoms with E-state index in [1.165, 1.54) is 0 Å². The Morgan fingerprint density at radius 2 is 2.00 bits per heavy atom. The highest BCUT2D eigenvalue weighted by atomic mass is 79.9. The second-order valence-electron chi connectivity index (χ2n) is 3.40. The number of hydrogen-bond donors (Lipinski definition) is 0. The van der Waals surface area contributed by atoms with Crippen molar-refractivity contribution in [3.8, 4) is 11.8 Å². The molecule has 2 nitrogen and oxygen atoms in total. The van der Waals surface area contributed by atoms with E-state index >= 15 is 0 Å². The maximum atomic E-state index is 5.49. The molecule has 1 heterocycles. The van der Waals surface area contributed by atoms with Gasteiger partial charge in [-0.2, -0.15) is 0 Å². The number of rotatable bonds is 2. The first-order valence-corrected chi connectivity index (χ1v) is 6.41. The summed E-state index contributed by atoms with van der Waals surface area (Å²) in [6, 6.07) is 7.97. The number of benzene rings is 1. The lowest BCUT2D eigenvalue weighted by Gasteiger charge is -2.10. The summed E-state index contributed by atoms with van der Waals surface area (Å²) in [5.74, 6) is 6.26. The van der Waals surface area contributed by atoms with Crippen LogP contribution in [0.2, 0.25) is 0 Å². The third kappa shape index (κ3) is 2.85. The van der Waals surface area contributed by atoms with Gasteiger partial charge in [-0.1, -0.05) is 46.0 Å². The molecule has 0 radical (unpaired) electrons. The normalized spacial score (nSPS) is 15.8. The van der Waals surface area contributed by atoms with Crippen LogP contribution in [0.25, 0.3) is 0 Å². The minimum absolute atomic E-state index is 0.241. The predicted molar refractivity (Wildman–Crippen MR) is 66.4 cm³/mol. The summed E-state index contributed by atoms with van der Waals surface area (Å²) in [7, 11) is 0. The Kier molecular flexibility index (Phi) is 4.41. The van der Waals surface area contributed by atoms with Crippen molar-refractivity contribution in [3.05, 3.63) is 35.4 Å². The molecule has 84 valence electrons. The van der Waals surface area contributed by atoms with Gasteiger partial charge in [-0.25, -0.2) is 0 Å². The van der Waals surface area contributed by atoms with E-state index in [0.717, 1.165) is 22.9 Å². The fourth-order valence-corrected chi connectivity index (χ4v) is 1.76. The fraction of sp³-hybridized carbons (Fsp3) is 0.385. The quantitative estimate of drug-likeness (QED) is 0.613. The molecule has 0 aliphatic carbocycles. The molecule has 1 aliphatic rings. The van der Waals surface area contributed by atoms with Crippen LogP contribution >= 0.6 is 15.9 Å². The molecule has 0 aromatic heterocycles. The van der Waals surface area contributed by atoms with Crippen molar-refractivity contribution >= 4 is 15.9 Å². The lowest BCUT2D eigenvalue weighted by atomic mass is 10.1. The van der Waals surface area contributed by atoms with E-state index in [0.29, 0.717) is 13.2 Å². The molecule has 16 heavy (non-hydrogen) atoms. The Morgan fingerprint density at radius 3 is 2.75 bits per heavy atom. The van der Waals surface area contributed by atoms with Gasteiger partial charge in [0.15, 0.2) is 6.29 Å². The van der Waals surface area contributed by atoms with Crippen molar-refractivity contribution in [1.82, 2.24) is 0 Å². The first kappa shape index (κ1) is 11.7. The zero-order valence-corrected chi connectivity index (χ0v) is 10.5. The highest BCUT2D eigenvalue weighted by molar-refractivity contribution is 9.09. The van der Waals surface area contributed by atoms with Gasteiger partial charge in [0.05, 0.1) is 13.2 Å². The molecule has 2 rings (SSSR count). The second-order valence-corrected chi connectivity index (χ2v) is 4.19. The van der Waals surface area contributed by atoms with Crippen LogP contribution in [0.4, 0.5) is 0 Å². The monoisotopic (exact) mass is 280 g/mol. The van der Waals surface area contributed by atoms with Crippen molar-refractivity contribution in [1.29, 1.82) is 0 Å². The van der Waals surface area contributed by atoms with Gasteiger partial charge in [0.1, 0.15) is 0 Å². The molecule has 1 fully saturated rings. The zero-order valence-electron chi connectivity index (χ0n) is 8.91. The van der Waals surface area contributed by atoms with E-state index in [9.17, 15) is 0 Å². The standard InChI is InChI=1S/C13H13BrO2/c14-8-4-3-6-11-5-1-2-7-12(11)13-15-9-10-16-13/h1-2,5,7,13H,4,8-10H2. The third-order valence-corrected chi connectivity index (χ3v) is 2.68. The van der Waals surface area contributed by atoms with Crippen LogP contribution in [0.1, 0.15) is 23.8 Å². The summed E-state index contributed by atoms with van der Waals surface area (Å²) in [6.07, 6.45) is 0.607. The molecule has 1 aliphatic heterocycles. The molecule has 1 saturated heterocycles. The predicted octanol–water partition coefficient (Wildman–Crippen LogP) is 2.87. The average molecular weight is 281 g/mol. The van der Waals surface area contributed by atoms with Gasteiger partial charge in [0, 0.05) is 22.9 Å². The van der Waals surface area contributed by atoms with Crippen LogP contribution in [0.15, 0.2) is 24.3 Å². The van der Waals surface area contributed by atoms with Gasteiger partial charge >= 0.3 is 0 Å². The van der Waals surface area contributed by atoms with Crippen molar-refractivity contribution in [3.63, 3.8) is 0 Å². The van der Waals surface area contributed by atoms with Crippen molar-refractivity contribution in [2.75, 3.05) is 18.5 Å². The number of ether oxygens (including phenoxy) is 2. The van der Waals surface area contributed by atoms with E-state index in [1.807, 2.05) is 24.3 Å². The second kappa shape index (κ2) is 6.05. The maximum Gasteiger partial charge on any atom is 0.185 e. The van der Waals surface area contributed by atoms with Crippen molar-refractivity contribution < 1.29 is 9.47 Å². The molecule has 0 bridgehead atoms. The van der Waals surface area contributed by atoms with Crippen LogP contribution in [-0.4, -0.2) is 18.5 Å². The molecule has 0 saturated carbocycles. The summed E-state index contributed by atoms with van der Waals surface area (Å²) in [6.45, 7) is 1.32. The van der Waals surface area contributed by atoms with Crippen LogP contribution < -0.4 is 0 Å². The van der Waals surface area contributed by atoms with Gasteiger partial charge in [-0.3, -0.25) is 0 Å². The Hall–Kier alpha value is -0.820. The summed E-state index contributed by atoms with van der Waals surface area (Å²) < 4.78 is 11.0.